The number of carbonyl (C=O) groups excluding carboxylic acids is 2. The monoisotopic (exact) mass is 320 g/mol. The van der Waals surface area contributed by atoms with E-state index in [1.54, 1.807) is 48.3 Å². The lowest BCUT2D eigenvalue weighted by molar-refractivity contribution is -0.133. The maximum absolute atomic E-state index is 12.1. The summed E-state index contributed by atoms with van der Waals surface area (Å²) in [5, 5.41) is 3.14. The van der Waals surface area contributed by atoms with Crippen molar-refractivity contribution in [2.45, 2.75) is 13.5 Å². The third kappa shape index (κ3) is 4.08. The van der Waals surface area contributed by atoms with E-state index < -0.39 is 0 Å². The molecule has 0 aliphatic heterocycles. The maximum Gasteiger partial charge on any atom is 0.244 e. The lowest BCUT2D eigenvalue weighted by atomic mass is 10.3. The fourth-order valence-electron chi connectivity index (χ4n) is 1.89. The Morgan fingerprint density at radius 1 is 1.36 bits per heavy atom. The van der Waals surface area contributed by atoms with Crippen LogP contribution < -0.4 is 5.32 Å². The standard InChI is InChI=1S/C15H17ClN4O2/c1-11-17-7-8-20(11)10-15(22)19(2)9-14(21)18-13-6-4-3-5-12(13)16/h3-8H,9-10H2,1-2H3,(H,18,21). The molecule has 6 nitrogen and oxygen atoms in total. The molecular formula is C15H17ClN4O2. The van der Waals surface area contributed by atoms with Crippen molar-refractivity contribution in [3.05, 3.63) is 47.5 Å². The largest absolute Gasteiger partial charge is 0.335 e. The van der Waals surface area contributed by atoms with Crippen LogP contribution in [0.4, 0.5) is 5.69 Å². The molecule has 0 fully saturated rings. The van der Waals surface area contributed by atoms with Gasteiger partial charge in [-0.3, -0.25) is 9.59 Å². The highest BCUT2D eigenvalue weighted by Gasteiger charge is 2.14. The first-order valence-electron chi connectivity index (χ1n) is 6.73. The maximum atomic E-state index is 12.1. The van der Waals surface area contributed by atoms with Gasteiger partial charge in [-0.05, 0) is 19.1 Å². The Morgan fingerprint density at radius 2 is 2.09 bits per heavy atom. The predicted molar refractivity (Wildman–Crippen MR) is 84.7 cm³/mol. The number of hydrogen-bond acceptors (Lipinski definition) is 3. The van der Waals surface area contributed by atoms with Crippen molar-refractivity contribution >= 4 is 29.1 Å². The van der Waals surface area contributed by atoms with Gasteiger partial charge < -0.3 is 14.8 Å². The third-order valence-electron chi connectivity index (χ3n) is 3.18. The lowest BCUT2D eigenvalue weighted by Crippen LogP contribution is -2.37. The number of nitrogens with zero attached hydrogens (tertiary/aromatic N) is 3. The molecule has 0 radical (unpaired) electrons. The van der Waals surface area contributed by atoms with Gasteiger partial charge in [0.05, 0.1) is 17.3 Å². The van der Waals surface area contributed by atoms with Gasteiger partial charge in [-0.2, -0.15) is 0 Å². The van der Waals surface area contributed by atoms with Crippen LogP contribution in [0.15, 0.2) is 36.7 Å². The number of nitrogens with one attached hydrogen (secondary N) is 1. The number of carbonyl (C=O) groups is 2. The number of rotatable bonds is 5. The van der Waals surface area contributed by atoms with E-state index in [0.29, 0.717) is 10.7 Å². The molecule has 1 aromatic carbocycles. The highest BCUT2D eigenvalue weighted by atomic mass is 35.5. The zero-order valence-corrected chi connectivity index (χ0v) is 13.2. The first kappa shape index (κ1) is 16.0. The van der Waals surface area contributed by atoms with E-state index in [-0.39, 0.29) is 24.9 Å². The molecule has 22 heavy (non-hydrogen) atoms. The van der Waals surface area contributed by atoms with Crippen molar-refractivity contribution in [2.24, 2.45) is 0 Å². The summed E-state index contributed by atoms with van der Waals surface area (Å²) in [6.07, 6.45) is 3.36. The van der Waals surface area contributed by atoms with E-state index in [9.17, 15) is 9.59 Å². The molecule has 1 aromatic heterocycles. The predicted octanol–water partition coefficient (Wildman–Crippen LogP) is 1.94. The minimum Gasteiger partial charge on any atom is -0.335 e. The molecule has 0 spiro atoms. The molecule has 1 heterocycles. The number of benzene rings is 1. The number of anilines is 1. The Labute approximate surface area is 133 Å². The van der Waals surface area contributed by atoms with E-state index in [2.05, 4.69) is 10.3 Å². The first-order chi connectivity index (χ1) is 10.5. The quantitative estimate of drug-likeness (QED) is 0.915. The van der Waals surface area contributed by atoms with Crippen molar-refractivity contribution in [2.75, 3.05) is 18.9 Å². The molecule has 0 aliphatic rings. The summed E-state index contributed by atoms with van der Waals surface area (Å²) < 4.78 is 1.73. The Hall–Kier alpha value is -2.34. The van der Waals surface area contributed by atoms with Crippen LogP contribution in [-0.2, 0) is 16.1 Å². The van der Waals surface area contributed by atoms with Crippen molar-refractivity contribution in [3.8, 4) is 0 Å². The molecule has 0 saturated heterocycles. The number of aromatic nitrogens is 2. The molecule has 2 amide bonds. The second-order valence-corrected chi connectivity index (χ2v) is 5.29. The number of hydrogen-bond donors (Lipinski definition) is 1. The van der Waals surface area contributed by atoms with Gasteiger partial charge in [0.2, 0.25) is 11.8 Å². The summed E-state index contributed by atoms with van der Waals surface area (Å²) >= 11 is 5.97. The number of amides is 2. The van der Waals surface area contributed by atoms with Crippen LogP contribution in [0.3, 0.4) is 0 Å². The summed E-state index contributed by atoms with van der Waals surface area (Å²) in [7, 11) is 1.58. The zero-order valence-electron chi connectivity index (χ0n) is 12.4. The normalized spacial score (nSPS) is 10.3. The summed E-state index contributed by atoms with van der Waals surface area (Å²) in [6, 6.07) is 6.95. The summed E-state index contributed by atoms with van der Waals surface area (Å²) in [6.45, 7) is 1.93. The average molecular weight is 321 g/mol. The van der Waals surface area contributed by atoms with Crippen molar-refractivity contribution in [1.29, 1.82) is 0 Å². The van der Waals surface area contributed by atoms with Gasteiger partial charge in [-0.1, -0.05) is 23.7 Å². The first-order valence-corrected chi connectivity index (χ1v) is 7.11. The molecule has 7 heteroatoms. The third-order valence-corrected chi connectivity index (χ3v) is 3.51. The molecule has 116 valence electrons. The number of halogens is 1. The van der Waals surface area contributed by atoms with Crippen LogP contribution in [0.5, 0.6) is 0 Å². The summed E-state index contributed by atoms with van der Waals surface area (Å²) in [5.41, 5.74) is 0.528. The van der Waals surface area contributed by atoms with Crippen LogP contribution in [0, 0.1) is 6.92 Å². The highest BCUT2D eigenvalue weighted by molar-refractivity contribution is 6.33. The molecule has 0 bridgehead atoms. The van der Waals surface area contributed by atoms with Gasteiger partial charge in [0, 0.05) is 19.4 Å². The fourth-order valence-corrected chi connectivity index (χ4v) is 2.08. The number of likely N-dealkylation sites (N-methyl/N-ethyl adjacent to an activating group) is 1. The van der Waals surface area contributed by atoms with Crippen LogP contribution in [0.2, 0.25) is 5.02 Å². The Bertz CT molecular complexity index is 684. The van der Waals surface area contributed by atoms with Gasteiger partial charge in [-0.25, -0.2) is 4.98 Å². The van der Waals surface area contributed by atoms with Gasteiger partial charge in [0.15, 0.2) is 0 Å². The van der Waals surface area contributed by atoms with Gasteiger partial charge in [-0.15, -0.1) is 0 Å². The van der Waals surface area contributed by atoms with Gasteiger partial charge in [0.1, 0.15) is 12.4 Å². The van der Waals surface area contributed by atoms with Gasteiger partial charge in [0.25, 0.3) is 0 Å². The topological polar surface area (TPSA) is 67.2 Å². The second-order valence-electron chi connectivity index (χ2n) is 4.88. The second kappa shape index (κ2) is 7.09. The average Bonchev–Trinajstić information content (AvgIpc) is 2.86. The zero-order chi connectivity index (χ0) is 16.1. The highest BCUT2D eigenvalue weighted by Crippen LogP contribution is 2.20. The van der Waals surface area contributed by atoms with Crippen molar-refractivity contribution in [3.63, 3.8) is 0 Å². The lowest BCUT2D eigenvalue weighted by Gasteiger charge is -2.17. The smallest absolute Gasteiger partial charge is 0.244 e. The number of para-hydroxylation sites is 1. The summed E-state index contributed by atoms with van der Waals surface area (Å²) in [5.74, 6) is 0.281. The van der Waals surface area contributed by atoms with E-state index >= 15 is 0 Å². The molecular weight excluding hydrogens is 304 g/mol. The fraction of sp³-hybridized carbons (Fsp3) is 0.267. The minimum atomic E-state index is -0.300. The van der Waals surface area contributed by atoms with Crippen LogP contribution >= 0.6 is 11.6 Å². The molecule has 1 N–H and O–H groups in total. The van der Waals surface area contributed by atoms with Gasteiger partial charge >= 0.3 is 0 Å². The molecule has 0 saturated carbocycles. The molecule has 2 aromatic rings. The van der Waals surface area contributed by atoms with Crippen molar-refractivity contribution < 1.29 is 9.59 Å². The molecule has 0 atom stereocenters. The van der Waals surface area contributed by atoms with E-state index in [0.717, 1.165) is 5.82 Å². The Balaban J connectivity index is 1.89. The Kier molecular flexibility index (Phi) is 5.16. The molecule has 0 aliphatic carbocycles. The number of imidazole rings is 1. The SMILES string of the molecule is Cc1nccn1CC(=O)N(C)CC(=O)Nc1ccccc1Cl. The minimum absolute atomic E-state index is 0.0438. The van der Waals surface area contributed by atoms with Crippen LogP contribution in [0.1, 0.15) is 5.82 Å². The van der Waals surface area contributed by atoms with E-state index in [4.69, 9.17) is 11.6 Å². The van der Waals surface area contributed by atoms with Crippen LogP contribution in [0.25, 0.3) is 0 Å². The van der Waals surface area contributed by atoms with Crippen LogP contribution in [-0.4, -0.2) is 39.9 Å². The Morgan fingerprint density at radius 3 is 2.73 bits per heavy atom. The molecule has 0 unspecified atom stereocenters. The molecule has 2 rings (SSSR count). The number of aryl methyl sites for hydroxylation is 1. The van der Waals surface area contributed by atoms with E-state index in [1.165, 1.54) is 4.90 Å². The van der Waals surface area contributed by atoms with E-state index in [1.807, 2.05) is 6.92 Å². The van der Waals surface area contributed by atoms with Crippen molar-refractivity contribution in [1.82, 2.24) is 14.5 Å². The summed E-state index contributed by atoms with van der Waals surface area (Å²) in [4.78, 5) is 29.5.